The van der Waals surface area contributed by atoms with Crippen molar-refractivity contribution in [1.29, 1.82) is 0 Å². The first-order valence-corrected chi connectivity index (χ1v) is 14.1. The molecule has 3 rings (SSSR count). The number of hydrogen-bond acceptors (Lipinski definition) is 7. The highest BCUT2D eigenvalue weighted by molar-refractivity contribution is 5.89. The van der Waals surface area contributed by atoms with Gasteiger partial charge < -0.3 is 36.6 Å². The van der Waals surface area contributed by atoms with E-state index in [-0.39, 0.29) is 24.4 Å². The maximum Gasteiger partial charge on any atom is 0.407 e. The highest BCUT2D eigenvalue weighted by atomic mass is 16.5. The molecule has 0 fully saturated rings. The molecule has 0 bridgehead atoms. The maximum absolute atomic E-state index is 12.4. The zero-order valence-electron chi connectivity index (χ0n) is 25.3. The van der Waals surface area contributed by atoms with Gasteiger partial charge in [0.15, 0.2) is 0 Å². The van der Waals surface area contributed by atoms with Gasteiger partial charge >= 0.3 is 18.0 Å². The molecule has 0 spiro atoms. The zero-order chi connectivity index (χ0) is 32.4. The number of aliphatic carboxylic acids is 2. The summed E-state index contributed by atoms with van der Waals surface area (Å²) in [5, 5.41) is 24.7. The van der Waals surface area contributed by atoms with Crippen LogP contribution < -0.4 is 21.7 Å². The second-order valence-corrected chi connectivity index (χ2v) is 11.1. The van der Waals surface area contributed by atoms with Crippen molar-refractivity contribution in [3.63, 3.8) is 0 Å². The minimum Gasteiger partial charge on any atom is -0.480 e. The average molecular weight is 599 g/mol. The monoisotopic (exact) mass is 598 g/mol. The van der Waals surface area contributed by atoms with Gasteiger partial charge in [-0.2, -0.15) is 0 Å². The fourth-order valence-electron chi connectivity index (χ4n) is 4.34. The van der Waals surface area contributed by atoms with E-state index in [2.05, 4.69) is 28.1 Å². The predicted molar refractivity (Wildman–Crippen MR) is 160 cm³/mol. The molecule has 0 saturated heterocycles. The van der Waals surface area contributed by atoms with Crippen LogP contribution in [0.25, 0.3) is 11.1 Å². The van der Waals surface area contributed by atoms with Crippen LogP contribution in [-0.4, -0.2) is 70.8 Å². The summed E-state index contributed by atoms with van der Waals surface area (Å²) in [6.07, 6.45) is -0.714. The number of benzene rings is 2. The molecule has 234 valence electrons. The van der Waals surface area contributed by atoms with Gasteiger partial charge in [0.25, 0.3) is 0 Å². The Bertz CT molecular complexity index is 1270. The number of nitrogens with two attached hydrogens (primary N) is 1. The second-order valence-electron chi connectivity index (χ2n) is 11.1. The average Bonchev–Trinajstić information content (AvgIpc) is 3.27. The predicted octanol–water partition coefficient (Wildman–Crippen LogP) is 2.70. The molecule has 0 unspecified atom stereocenters. The summed E-state index contributed by atoms with van der Waals surface area (Å²) >= 11 is 0. The minimum absolute atomic E-state index is 0.000921. The molecule has 0 aliphatic heterocycles. The number of nitrogens with one attached hydrogen (secondary N) is 3. The van der Waals surface area contributed by atoms with Crippen molar-refractivity contribution in [2.45, 2.75) is 71.6 Å². The van der Waals surface area contributed by atoms with Crippen LogP contribution in [0.2, 0.25) is 0 Å². The number of alkyl carbamates (subject to hydrolysis) is 1. The lowest BCUT2D eigenvalue weighted by molar-refractivity contribution is -0.142. The van der Waals surface area contributed by atoms with Gasteiger partial charge in [0.05, 0.1) is 6.04 Å². The number of carbonyl (C=O) groups is 5. The van der Waals surface area contributed by atoms with E-state index < -0.39 is 54.0 Å². The second kappa shape index (κ2) is 15.7. The van der Waals surface area contributed by atoms with Gasteiger partial charge in [-0.3, -0.25) is 19.2 Å². The van der Waals surface area contributed by atoms with Crippen molar-refractivity contribution in [3.8, 4) is 11.1 Å². The van der Waals surface area contributed by atoms with E-state index in [0.29, 0.717) is 0 Å². The Hall–Kier alpha value is -4.45. The fourth-order valence-corrected chi connectivity index (χ4v) is 4.34. The van der Waals surface area contributed by atoms with Crippen molar-refractivity contribution in [1.82, 2.24) is 16.0 Å². The van der Waals surface area contributed by atoms with Gasteiger partial charge in [-0.15, -0.1) is 0 Å². The molecule has 2 aromatic rings. The molecule has 43 heavy (non-hydrogen) atoms. The number of carboxylic acids is 2. The summed E-state index contributed by atoms with van der Waals surface area (Å²) in [5.41, 5.74) is 9.96. The molecule has 0 radical (unpaired) electrons. The van der Waals surface area contributed by atoms with E-state index in [1.165, 1.54) is 13.8 Å². The summed E-state index contributed by atoms with van der Waals surface area (Å²) in [7, 11) is 0. The fraction of sp³-hybridized carbons (Fsp3) is 0.452. The Kier molecular flexibility index (Phi) is 12.7. The van der Waals surface area contributed by atoms with Gasteiger partial charge in [0.1, 0.15) is 24.7 Å². The van der Waals surface area contributed by atoms with Crippen LogP contribution in [0.5, 0.6) is 0 Å². The molecule has 3 amide bonds. The van der Waals surface area contributed by atoms with E-state index in [1.807, 2.05) is 36.4 Å². The van der Waals surface area contributed by atoms with E-state index in [4.69, 9.17) is 20.7 Å². The van der Waals surface area contributed by atoms with Crippen LogP contribution in [-0.2, 0) is 23.9 Å². The first-order chi connectivity index (χ1) is 20.1. The van der Waals surface area contributed by atoms with Gasteiger partial charge in [-0.25, -0.2) is 4.79 Å². The Morgan fingerprint density at radius 3 is 1.58 bits per heavy atom. The number of amides is 3. The van der Waals surface area contributed by atoms with E-state index in [9.17, 15) is 24.0 Å². The van der Waals surface area contributed by atoms with Gasteiger partial charge in [-0.1, -0.05) is 76.2 Å². The van der Waals surface area contributed by atoms with E-state index in [0.717, 1.165) is 22.3 Å². The number of carbonyl (C=O) groups excluding carboxylic acids is 3. The molecule has 12 nitrogen and oxygen atoms in total. The number of ether oxygens (including phenoxy) is 1. The van der Waals surface area contributed by atoms with Crippen molar-refractivity contribution in [3.05, 3.63) is 59.7 Å². The molecule has 12 heteroatoms. The molecular weight excluding hydrogens is 556 g/mol. The summed E-state index contributed by atoms with van der Waals surface area (Å²) in [6, 6.07) is 12.5. The Morgan fingerprint density at radius 1 is 0.721 bits per heavy atom. The van der Waals surface area contributed by atoms with Crippen molar-refractivity contribution in [2.75, 3.05) is 6.61 Å². The normalized spacial score (nSPS) is 14.6. The summed E-state index contributed by atoms with van der Waals surface area (Å²) < 4.78 is 5.48. The highest BCUT2D eigenvalue weighted by Gasteiger charge is 2.31. The number of carboxylic acid groups (broad SMARTS) is 2. The first-order valence-electron chi connectivity index (χ1n) is 14.1. The largest absolute Gasteiger partial charge is 0.480 e. The summed E-state index contributed by atoms with van der Waals surface area (Å²) in [4.78, 5) is 57.4. The zero-order valence-corrected chi connectivity index (χ0v) is 25.3. The Balaban J connectivity index is 0.000000420. The molecule has 0 aromatic heterocycles. The third-order valence-corrected chi connectivity index (χ3v) is 7.05. The van der Waals surface area contributed by atoms with Crippen LogP contribution in [0.4, 0.5) is 4.79 Å². The smallest absolute Gasteiger partial charge is 0.407 e. The van der Waals surface area contributed by atoms with Gasteiger partial charge in [0.2, 0.25) is 11.8 Å². The number of fused-ring (bicyclic) bond motifs is 3. The third kappa shape index (κ3) is 9.53. The molecule has 1 aliphatic rings. The van der Waals surface area contributed by atoms with Crippen LogP contribution >= 0.6 is 0 Å². The number of rotatable bonds is 11. The Morgan fingerprint density at radius 2 is 1.16 bits per heavy atom. The van der Waals surface area contributed by atoms with Gasteiger partial charge in [-0.05, 0) is 47.9 Å². The molecular formula is C31H42N4O8. The van der Waals surface area contributed by atoms with Crippen LogP contribution in [0, 0.1) is 11.8 Å². The summed E-state index contributed by atoms with van der Waals surface area (Å²) in [5.74, 6) is -3.52. The lowest BCUT2D eigenvalue weighted by Crippen LogP contribution is -2.53. The highest BCUT2D eigenvalue weighted by Crippen LogP contribution is 2.44. The third-order valence-electron chi connectivity index (χ3n) is 7.05. The van der Waals surface area contributed by atoms with Crippen molar-refractivity contribution < 1.29 is 38.9 Å². The maximum atomic E-state index is 12.4. The molecule has 0 saturated carbocycles. The van der Waals surface area contributed by atoms with Crippen LogP contribution in [0.1, 0.15) is 58.6 Å². The lowest BCUT2D eigenvalue weighted by atomic mass is 9.98. The first kappa shape index (κ1) is 34.7. The quantitative estimate of drug-likeness (QED) is 0.225. The van der Waals surface area contributed by atoms with E-state index in [1.54, 1.807) is 27.7 Å². The molecule has 4 atom stereocenters. The van der Waals surface area contributed by atoms with Gasteiger partial charge in [0, 0.05) is 5.92 Å². The van der Waals surface area contributed by atoms with Crippen LogP contribution in [0.15, 0.2) is 48.5 Å². The molecule has 2 aromatic carbocycles. The summed E-state index contributed by atoms with van der Waals surface area (Å²) in [6.45, 7) is 10.0. The number of hydrogen-bond donors (Lipinski definition) is 6. The molecule has 0 heterocycles. The standard InChI is InChI=1S/C23H26N2O5.C8H16N2O3/c1-13(2)20(21(26)24-14(3)22(27)28)25-23(29)30-12-19-17-10-6-4-8-15(17)16-9-5-7-11-18(16)19;1-4(2)6(9)7(11)10-5(3)8(12)13/h4-11,13-14,19-20H,12H2,1-3H3,(H,24,26)(H,25,29)(H,27,28);4-6H,9H2,1-3H3,(H,10,11)(H,12,13)/t14-,20-;5-,6-/m00/s1. The lowest BCUT2D eigenvalue weighted by Gasteiger charge is -2.23. The molecule has 7 N–H and O–H groups in total. The Labute approximate surface area is 251 Å². The van der Waals surface area contributed by atoms with Crippen LogP contribution in [0.3, 0.4) is 0 Å². The van der Waals surface area contributed by atoms with E-state index >= 15 is 0 Å². The van der Waals surface area contributed by atoms with Crippen molar-refractivity contribution in [2.24, 2.45) is 17.6 Å². The molecule has 1 aliphatic carbocycles. The topological polar surface area (TPSA) is 197 Å². The minimum atomic E-state index is -1.15. The van der Waals surface area contributed by atoms with Crippen molar-refractivity contribution >= 4 is 29.8 Å². The SMILES string of the molecule is CC(C)[C@H](N)C(=O)N[C@@H](C)C(=O)O.CC(C)[C@H](NC(=O)OCC1c2ccccc2-c2ccccc21)C(=O)N[C@@H](C)C(=O)O.